The predicted octanol–water partition coefficient (Wildman–Crippen LogP) is 3.65. The molecular formula is C17H28BrN3. The largest absolute Gasteiger partial charge is 0.368 e. The average molecular weight is 354 g/mol. The van der Waals surface area contributed by atoms with Crippen molar-refractivity contribution in [3.63, 3.8) is 0 Å². The molecule has 3 nitrogen and oxygen atoms in total. The Labute approximate surface area is 137 Å². The van der Waals surface area contributed by atoms with Crippen molar-refractivity contribution in [1.82, 2.24) is 10.2 Å². The van der Waals surface area contributed by atoms with E-state index in [9.17, 15) is 0 Å². The van der Waals surface area contributed by atoms with E-state index in [4.69, 9.17) is 0 Å². The van der Waals surface area contributed by atoms with Crippen molar-refractivity contribution < 1.29 is 0 Å². The summed E-state index contributed by atoms with van der Waals surface area (Å²) in [4.78, 5) is 4.98. The van der Waals surface area contributed by atoms with Gasteiger partial charge in [0, 0.05) is 41.9 Å². The maximum atomic E-state index is 3.62. The number of likely N-dealkylation sites (N-methyl/N-ethyl adjacent to an activating group) is 1. The highest BCUT2D eigenvalue weighted by Crippen LogP contribution is 2.31. The van der Waals surface area contributed by atoms with Crippen LogP contribution in [0.15, 0.2) is 22.7 Å². The van der Waals surface area contributed by atoms with Gasteiger partial charge in [0.1, 0.15) is 0 Å². The Morgan fingerprint density at radius 1 is 1.38 bits per heavy atom. The van der Waals surface area contributed by atoms with E-state index in [0.717, 1.165) is 30.7 Å². The number of hydrogen-bond donors (Lipinski definition) is 1. The molecule has 21 heavy (non-hydrogen) atoms. The molecule has 0 amide bonds. The molecule has 1 N–H and O–H groups in total. The number of hydrogen-bond acceptors (Lipinski definition) is 3. The first-order chi connectivity index (χ1) is 10.0. The highest BCUT2D eigenvalue weighted by Gasteiger charge is 2.23. The normalized spacial score (nSPS) is 21.6. The third-order valence-electron chi connectivity index (χ3n) is 4.46. The standard InChI is InChI=1S/C17H28BrN3/c1-5-8-19-14(3)16-11-15(18)6-7-17(16)21-10-9-20(4)13(2)12-21/h6-7,11,13-14,19H,5,8-10,12H2,1-4H3. The van der Waals surface area contributed by atoms with E-state index in [1.807, 2.05) is 0 Å². The SMILES string of the molecule is CCCNC(C)c1cc(Br)ccc1N1CCN(C)C(C)C1. The zero-order chi connectivity index (χ0) is 15.4. The molecular weight excluding hydrogens is 326 g/mol. The van der Waals surface area contributed by atoms with Crippen LogP contribution in [0.1, 0.15) is 38.8 Å². The fourth-order valence-electron chi connectivity index (χ4n) is 2.90. The van der Waals surface area contributed by atoms with Crippen molar-refractivity contribution in [3.05, 3.63) is 28.2 Å². The van der Waals surface area contributed by atoms with Gasteiger partial charge in [-0.2, -0.15) is 0 Å². The first-order valence-corrected chi connectivity index (χ1v) is 8.80. The van der Waals surface area contributed by atoms with Crippen LogP contribution in [-0.2, 0) is 0 Å². The second-order valence-electron chi connectivity index (χ2n) is 6.15. The van der Waals surface area contributed by atoms with Gasteiger partial charge in [0.05, 0.1) is 0 Å². The number of nitrogens with zero attached hydrogens (tertiary/aromatic N) is 2. The lowest BCUT2D eigenvalue weighted by molar-refractivity contribution is 0.234. The molecule has 1 saturated heterocycles. The van der Waals surface area contributed by atoms with Crippen LogP contribution in [0.5, 0.6) is 0 Å². The van der Waals surface area contributed by atoms with Crippen molar-refractivity contribution in [1.29, 1.82) is 0 Å². The van der Waals surface area contributed by atoms with E-state index in [0.29, 0.717) is 12.1 Å². The predicted molar refractivity (Wildman–Crippen MR) is 95.2 cm³/mol. The van der Waals surface area contributed by atoms with Crippen molar-refractivity contribution in [2.24, 2.45) is 0 Å². The summed E-state index contributed by atoms with van der Waals surface area (Å²) >= 11 is 3.62. The van der Waals surface area contributed by atoms with Crippen LogP contribution in [-0.4, -0.2) is 44.2 Å². The lowest BCUT2D eigenvalue weighted by atomic mass is 10.0. The first-order valence-electron chi connectivity index (χ1n) is 8.01. The van der Waals surface area contributed by atoms with Gasteiger partial charge < -0.3 is 15.1 Å². The molecule has 0 aliphatic carbocycles. The topological polar surface area (TPSA) is 18.5 Å². The van der Waals surface area contributed by atoms with Crippen molar-refractivity contribution >= 4 is 21.6 Å². The molecule has 0 spiro atoms. The Balaban J connectivity index is 2.22. The van der Waals surface area contributed by atoms with Crippen molar-refractivity contribution in [2.75, 3.05) is 38.1 Å². The van der Waals surface area contributed by atoms with E-state index in [1.54, 1.807) is 0 Å². The summed E-state index contributed by atoms with van der Waals surface area (Å²) in [6.07, 6.45) is 1.17. The molecule has 118 valence electrons. The molecule has 2 unspecified atom stereocenters. The number of anilines is 1. The van der Waals surface area contributed by atoms with E-state index in [2.05, 4.69) is 77.1 Å². The Hall–Kier alpha value is -0.580. The van der Waals surface area contributed by atoms with Gasteiger partial charge in [0.25, 0.3) is 0 Å². The summed E-state index contributed by atoms with van der Waals surface area (Å²) < 4.78 is 1.16. The molecule has 4 heteroatoms. The number of rotatable bonds is 5. The summed E-state index contributed by atoms with van der Waals surface area (Å²) in [5.41, 5.74) is 2.78. The summed E-state index contributed by atoms with van der Waals surface area (Å²) in [6.45, 7) is 11.2. The lowest BCUT2D eigenvalue weighted by Gasteiger charge is -2.40. The van der Waals surface area contributed by atoms with Crippen LogP contribution in [0.3, 0.4) is 0 Å². The van der Waals surface area contributed by atoms with Crippen LogP contribution in [0, 0.1) is 0 Å². The van der Waals surface area contributed by atoms with Gasteiger partial charge in [0.15, 0.2) is 0 Å². The molecule has 0 saturated carbocycles. The zero-order valence-electron chi connectivity index (χ0n) is 13.7. The maximum absolute atomic E-state index is 3.62. The van der Waals surface area contributed by atoms with Crippen LogP contribution < -0.4 is 10.2 Å². The number of nitrogens with one attached hydrogen (secondary N) is 1. The fourth-order valence-corrected chi connectivity index (χ4v) is 3.28. The van der Waals surface area contributed by atoms with Gasteiger partial charge in [-0.1, -0.05) is 22.9 Å². The molecule has 1 aliphatic rings. The second-order valence-corrected chi connectivity index (χ2v) is 7.07. The van der Waals surface area contributed by atoms with E-state index < -0.39 is 0 Å². The molecule has 2 atom stereocenters. The van der Waals surface area contributed by atoms with Gasteiger partial charge in [-0.25, -0.2) is 0 Å². The third kappa shape index (κ3) is 4.21. The number of halogens is 1. The highest BCUT2D eigenvalue weighted by molar-refractivity contribution is 9.10. The van der Waals surface area contributed by atoms with Crippen LogP contribution in [0.4, 0.5) is 5.69 Å². The van der Waals surface area contributed by atoms with Crippen LogP contribution in [0.25, 0.3) is 0 Å². The van der Waals surface area contributed by atoms with Crippen molar-refractivity contribution in [3.8, 4) is 0 Å². The van der Waals surface area contributed by atoms with Crippen LogP contribution >= 0.6 is 15.9 Å². The summed E-state index contributed by atoms with van der Waals surface area (Å²) in [6, 6.07) is 7.68. The molecule has 2 rings (SSSR count). The average Bonchev–Trinajstić information content (AvgIpc) is 2.47. The fraction of sp³-hybridized carbons (Fsp3) is 0.647. The highest BCUT2D eigenvalue weighted by atomic mass is 79.9. The minimum atomic E-state index is 0.382. The van der Waals surface area contributed by atoms with Gasteiger partial charge in [-0.3, -0.25) is 0 Å². The lowest BCUT2D eigenvalue weighted by Crippen LogP contribution is -2.50. The second kappa shape index (κ2) is 7.61. The smallest absolute Gasteiger partial charge is 0.0416 e. The first kappa shape index (κ1) is 16.8. The van der Waals surface area contributed by atoms with Gasteiger partial charge >= 0.3 is 0 Å². The van der Waals surface area contributed by atoms with Gasteiger partial charge in [-0.05, 0) is 57.6 Å². The Morgan fingerprint density at radius 2 is 2.14 bits per heavy atom. The zero-order valence-corrected chi connectivity index (χ0v) is 15.3. The Kier molecular flexibility index (Phi) is 6.08. The molecule has 1 aromatic carbocycles. The van der Waals surface area contributed by atoms with E-state index in [-0.39, 0.29) is 0 Å². The Bertz CT molecular complexity index is 463. The molecule has 1 heterocycles. The van der Waals surface area contributed by atoms with Crippen molar-refractivity contribution in [2.45, 2.75) is 39.3 Å². The van der Waals surface area contributed by atoms with E-state index >= 15 is 0 Å². The monoisotopic (exact) mass is 353 g/mol. The Morgan fingerprint density at radius 3 is 2.81 bits per heavy atom. The minimum Gasteiger partial charge on any atom is -0.368 e. The van der Waals surface area contributed by atoms with E-state index in [1.165, 1.54) is 17.7 Å². The van der Waals surface area contributed by atoms with Gasteiger partial charge in [-0.15, -0.1) is 0 Å². The van der Waals surface area contributed by atoms with Gasteiger partial charge in [0.2, 0.25) is 0 Å². The molecule has 1 aromatic rings. The maximum Gasteiger partial charge on any atom is 0.0416 e. The molecule has 0 aromatic heterocycles. The summed E-state index contributed by atoms with van der Waals surface area (Å²) in [5, 5.41) is 3.62. The molecule has 0 bridgehead atoms. The van der Waals surface area contributed by atoms with Crippen LogP contribution in [0.2, 0.25) is 0 Å². The summed E-state index contributed by atoms with van der Waals surface area (Å²) in [5.74, 6) is 0. The quantitative estimate of drug-likeness (QED) is 0.871. The molecule has 1 fully saturated rings. The molecule has 0 radical (unpaired) electrons. The molecule has 1 aliphatic heterocycles. The summed E-state index contributed by atoms with van der Waals surface area (Å²) in [7, 11) is 2.22. The minimum absolute atomic E-state index is 0.382. The third-order valence-corrected chi connectivity index (χ3v) is 4.95. The number of piperazine rings is 1. The number of benzene rings is 1.